The van der Waals surface area contributed by atoms with E-state index in [0.717, 1.165) is 19.1 Å². The van der Waals surface area contributed by atoms with Crippen molar-refractivity contribution in [2.45, 2.75) is 31.5 Å². The summed E-state index contributed by atoms with van der Waals surface area (Å²) in [7, 11) is 3.05. The molecule has 1 rings (SSSR count). The van der Waals surface area contributed by atoms with Crippen molar-refractivity contribution in [1.82, 2.24) is 0 Å². The van der Waals surface area contributed by atoms with Crippen molar-refractivity contribution >= 4 is 6.29 Å². The summed E-state index contributed by atoms with van der Waals surface area (Å²) < 4.78 is 10.3. The molecule has 0 radical (unpaired) electrons. The minimum atomic E-state index is -0.976. The molecule has 0 bridgehead atoms. The summed E-state index contributed by atoms with van der Waals surface area (Å²) in [5, 5.41) is 0. The second-order valence-corrected chi connectivity index (χ2v) is 3.23. The standard InChI is InChI=1S/C9H16O3/c1-11-9(7-10,12-2)8-5-3-4-6-8/h7-8H,3-6H2,1-2H3. The fourth-order valence-corrected chi connectivity index (χ4v) is 1.94. The van der Waals surface area contributed by atoms with Crippen LogP contribution < -0.4 is 0 Å². The topological polar surface area (TPSA) is 35.5 Å². The first-order valence-corrected chi connectivity index (χ1v) is 4.35. The third-order valence-corrected chi connectivity index (χ3v) is 2.73. The molecule has 0 aromatic heterocycles. The fraction of sp³-hybridized carbons (Fsp3) is 0.889. The summed E-state index contributed by atoms with van der Waals surface area (Å²) in [5.74, 6) is -0.735. The zero-order valence-corrected chi connectivity index (χ0v) is 7.71. The van der Waals surface area contributed by atoms with Crippen molar-refractivity contribution in [3.05, 3.63) is 0 Å². The molecule has 0 aliphatic heterocycles. The highest BCUT2D eigenvalue weighted by molar-refractivity contribution is 5.60. The molecular weight excluding hydrogens is 156 g/mol. The highest BCUT2D eigenvalue weighted by atomic mass is 16.7. The molecule has 0 aromatic rings. The van der Waals surface area contributed by atoms with Crippen LogP contribution in [0.2, 0.25) is 0 Å². The van der Waals surface area contributed by atoms with Gasteiger partial charge in [0.2, 0.25) is 5.79 Å². The largest absolute Gasteiger partial charge is 0.347 e. The van der Waals surface area contributed by atoms with Gasteiger partial charge in [0.25, 0.3) is 0 Å². The van der Waals surface area contributed by atoms with E-state index in [1.54, 1.807) is 0 Å². The van der Waals surface area contributed by atoms with Crippen LogP contribution in [0, 0.1) is 5.92 Å². The number of hydrogen-bond acceptors (Lipinski definition) is 3. The Bertz CT molecular complexity index is 146. The summed E-state index contributed by atoms with van der Waals surface area (Å²) >= 11 is 0. The first-order chi connectivity index (χ1) is 5.79. The highest BCUT2D eigenvalue weighted by Crippen LogP contribution is 2.35. The lowest BCUT2D eigenvalue weighted by Crippen LogP contribution is -2.42. The molecule has 0 atom stereocenters. The zero-order valence-electron chi connectivity index (χ0n) is 7.71. The fourth-order valence-electron chi connectivity index (χ4n) is 1.94. The Morgan fingerprint density at radius 3 is 2.08 bits per heavy atom. The van der Waals surface area contributed by atoms with Gasteiger partial charge in [-0.05, 0) is 12.8 Å². The normalized spacial score (nSPS) is 19.8. The molecule has 1 aliphatic rings. The molecule has 0 amide bonds. The van der Waals surface area contributed by atoms with Gasteiger partial charge in [0.15, 0.2) is 6.29 Å². The molecule has 3 heteroatoms. The lowest BCUT2D eigenvalue weighted by atomic mass is 9.98. The van der Waals surface area contributed by atoms with E-state index in [0.29, 0.717) is 0 Å². The predicted molar refractivity (Wildman–Crippen MR) is 44.8 cm³/mol. The van der Waals surface area contributed by atoms with Gasteiger partial charge in [-0.25, -0.2) is 0 Å². The van der Waals surface area contributed by atoms with Gasteiger partial charge in [0, 0.05) is 20.1 Å². The van der Waals surface area contributed by atoms with Crippen molar-refractivity contribution in [2.24, 2.45) is 5.92 Å². The maximum Gasteiger partial charge on any atom is 0.228 e. The number of hydrogen-bond donors (Lipinski definition) is 0. The molecule has 1 saturated carbocycles. The Balaban J connectivity index is 2.68. The lowest BCUT2D eigenvalue weighted by Gasteiger charge is -2.30. The van der Waals surface area contributed by atoms with Gasteiger partial charge < -0.3 is 9.47 Å². The van der Waals surface area contributed by atoms with Gasteiger partial charge in [0.05, 0.1) is 0 Å². The van der Waals surface area contributed by atoms with E-state index in [2.05, 4.69) is 0 Å². The van der Waals surface area contributed by atoms with E-state index in [4.69, 9.17) is 9.47 Å². The molecule has 0 N–H and O–H groups in total. The van der Waals surface area contributed by atoms with Gasteiger partial charge in [-0.15, -0.1) is 0 Å². The highest BCUT2D eigenvalue weighted by Gasteiger charge is 2.40. The van der Waals surface area contributed by atoms with Crippen molar-refractivity contribution in [2.75, 3.05) is 14.2 Å². The summed E-state index contributed by atoms with van der Waals surface area (Å²) in [5.41, 5.74) is 0. The minimum Gasteiger partial charge on any atom is -0.347 e. The molecule has 1 fully saturated rings. The van der Waals surface area contributed by atoms with Crippen molar-refractivity contribution in [1.29, 1.82) is 0 Å². The van der Waals surface area contributed by atoms with Crippen LogP contribution in [0.3, 0.4) is 0 Å². The Morgan fingerprint density at radius 1 is 1.25 bits per heavy atom. The van der Waals surface area contributed by atoms with Gasteiger partial charge in [-0.1, -0.05) is 12.8 Å². The number of rotatable bonds is 4. The van der Waals surface area contributed by atoms with Gasteiger partial charge >= 0.3 is 0 Å². The molecule has 0 aromatic carbocycles. The van der Waals surface area contributed by atoms with Crippen LogP contribution in [0.15, 0.2) is 0 Å². The number of carbonyl (C=O) groups is 1. The zero-order chi connectivity index (χ0) is 9.03. The number of carbonyl (C=O) groups excluding carboxylic acids is 1. The molecule has 0 spiro atoms. The minimum absolute atomic E-state index is 0.241. The first kappa shape index (κ1) is 9.68. The van der Waals surface area contributed by atoms with Gasteiger partial charge in [-0.3, -0.25) is 4.79 Å². The Morgan fingerprint density at radius 2 is 1.75 bits per heavy atom. The number of methoxy groups -OCH3 is 2. The van der Waals surface area contributed by atoms with E-state index >= 15 is 0 Å². The quantitative estimate of drug-likeness (QED) is 0.474. The monoisotopic (exact) mass is 172 g/mol. The molecule has 0 unspecified atom stereocenters. The second kappa shape index (κ2) is 4.01. The third-order valence-electron chi connectivity index (χ3n) is 2.73. The van der Waals surface area contributed by atoms with E-state index in [-0.39, 0.29) is 5.92 Å². The first-order valence-electron chi connectivity index (χ1n) is 4.35. The summed E-state index contributed by atoms with van der Waals surface area (Å²) in [4.78, 5) is 10.8. The third kappa shape index (κ3) is 1.52. The summed E-state index contributed by atoms with van der Waals surface area (Å²) in [6.45, 7) is 0. The van der Waals surface area contributed by atoms with E-state index in [9.17, 15) is 4.79 Å². The SMILES string of the molecule is COC(C=O)(OC)C1CCCC1. The van der Waals surface area contributed by atoms with Crippen LogP contribution >= 0.6 is 0 Å². The molecule has 12 heavy (non-hydrogen) atoms. The van der Waals surface area contributed by atoms with Crippen molar-refractivity contribution in [3.63, 3.8) is 0 Å². The maximum absolute atomic E-state index is 10.8. The van der Waals surface area contributed by atoms with Gasteiger partial charge in [0.1, 0.15) is 0 Å². The molecular formula is C9H16O3. The molecule has 0 saturated heterocycles. The van der Waals surface area contributed by atoms with E-state index in [1.807, 2.05) is 0 Å². The maximum atomic E-state index is 10.8. The van der Waals surface area contributed by atoms with Crippen molar-refractivity contribution in [3.8, 4) is 0 Å². The summed E-state index contributed by atoms with van der Waals surface area (Å²) in [6, 6.07) is 0. The van der Waals surface area contributed by atoms with Gasteiger partial charge in [-0.2, -0.15) is 0 Å². The molecule has 0 heterocycles. The van der Waals surface area contributed by atoms with E-state index < -0.39 is 5.79 Å². The van der Waals surface area contributed by atoms with Crippen LogP contribution in [0.5, 0.6) is 0 Å². The average Bonchev–Trinajstić information content (AvgIpc) is 2.62. The van der Waals surface area contributed by atoms with Crippen LogP contribution in [0.25, 0.3) is 0 Å². The smallest absolute Gasteiger partial charge is 0.228 e. The second-order valence-electron chi connectivity index (χ2n) is 3.23. The lowest BCUT2D eigenvalue weighted by molar-refractivity contribution is -0.219. The number of aldehydes is 1. The van der Waals surface area contributed by atoms with E-state index in [1.165, 1.54) is 27.1 Å². The Hall–Kier alpha value is -0.410. The molecule has 1 aliphatic carbocycles. The van der Waals surface area contributed by atoms with Crippen LogP contribution in [0.1, 0.15) is 25.7 Å². The van der Waals surface area contributed by atoms with Crippen molar-refractivity contribution < 1.29 is 14.3 Å². The van der Waals surface area contributed by atoms with Crippen LogP contribution in [0.4, 0.5) is 0 Å². The average molecular weight is 172 g/mol. The Labute approximate surface area is 73.0 Å². The molecule has 3 nitrogen and oxygen atoms in total. The van der Waals surface area contributed by atoms with Crippen LogP contribution in [-0.4, -0.2) is 26.3 Å². The predicted octanol–water partition coefficient (Wildman–Crippen LogP) is 1.36. The summed E-state index contributed by atoms with van der Waals surface area (Å²) in [6.07, 6.45) is 5.18. The van der Waals surface area contributed by atoms with Crippen LogP contribution in [-0.2, 0) is 14.3 Å². The number of ether oxygens (including phenoxy) is 2. The Kier molecular flexibility index (Phi) is 3.23. The molecule has 70 valence electrons.